The third-order valence-corrected chi connectivity index (χ3v) is 4.39. The van der Waals surface area contributed by atoms with Crippen molar-refractivity contribution in [3.8, 4) is 0 Å². The van der Waals surface area contributed by atoms with Crippen LogP contribution in [0, 0.1) is 0 Å². The molecule has 1 unspecified atom stereocenters. The van der Waals surface area contributed by atoms with Gasteiger partial charge in [-0.25, -0.2) is 9.97 Å². The minimum absolute atomic E-state index is 0.0278. The number of aromatic nitrogens is 2. The molecule has 0 saturated carbocycles. The SMILES string of the molecule is CC(Nc1cc(C(=O)Nc2c(Cl)cccc2Cl)ncn1)c1ccccc1. The molecule has 0 spiro atoms. The van der Waals surface area contributed by atoms with E-state index in [0.717, 1.165) is 5.56 Å². The molecule has 0 radical (unpaired) electrons. The van der Waals surface area contributed by atoms with Crippen LogP contribution in [0.25, 0.3) is 0 Å². The number of rotatable bonds is 5. The van der Waals surface area contributed by atoms with Crippen molar-refractivity contribution in [2.75, 3.05) is 10.6 Å². The Bertz CT molecular complexity index is 898. The summed E-state index contributed by atoms with van der Waals surface area (Å²) in [5.74, 6) is 0.129. The van der Waals surface area contributed by atoms with Crippen LogP contribution in [-0.2, 0) is 0 Å². The van der Waals surface area contributed by atoms with Crippen molar-refractivity contribution >= 4 is 40.6 Å². The van der Waals surface area contributed by atoms with E-state index in [2.05, 4.69) is 20.6 Å². The fraction of sp³-hybridized carbons (Fsp3) is 0.105. The van der Waals surface area contributed by atoms with Gasteiger partial charge in [-0.1, -0.05) is 59.6 Å². The highest BCUT2D eigenvalue weighted by Crippen LogP contribution is 2.30. The van der Waals surface area contributed by atoms with Gasteiger partial charge in [0, 0.05) is 12.1 Å². The van der Waals surface area contributed by atoms with Crippen LogP contribution in [0.1, 0.15) is 29.0 Å². The standard InChI is InChI=1S/C19H16Cl2N4O/c1-12(13-6-3-2-4-7-13)24-17-10-16(22-11-23-17)19(26)25-18-14(20)8-5-9-15(18)21/h2-12H,1H3,(H,25,26)(H,22,23,24). The summed E-state index contributed by atoms with van der Waals surface area (Å²) in [6.07, 6.45) is 1.34. The zero-order valence-corrected chi connectivity index (χ0v) is 15.4. The Hall–Kier alpha value is -2.63. The fourth-order valence-electron chi connectivity index (χ4n) is 2.40. The minimum Gasteiger partial charge on any atom is -0.363 e. The lowest BCUT2D eigenvalue weighted by molar-refractivity contribution is 0.102. The van der Waals surface area contributed by atoms with Crippen LogP contribution in [0.5, 0.6) is 0 Å². The van der Waals surface area contributed by atoms with Crippen molar-refractivity contribution in [1.29, 1.82) is 0 Å². The van der Waals surface area contributed by atoms with E-state index in [4.69, 9.17) is 23.2 Å². The number of carbonyl (C=O) groups is 1. The Morgan fingerprint density at radius 3 is 2.38 bits per heavy atom. The molecule has 0 fully saturated rings. The van der Waals surface area contributed by atoms with E-state index in [0.29, 0.717) is 21.6 Å². The number of hydrogen-bond acceptors (Lipinski definition) is 4. The van der Waals surface area contributed by atoms with E-state index in [-0.39, 0.29) is 11.7 Å². The number of para-hydroxylation sites is 1. The summed E-state index contributed by atoms with van der Waals surface area (Å²) in [5.41, 5.74) is 1.67. The highest BCUT2D eigenvalue weighted by Gasteiger charge is 2.14. The summed E-state index contributed by atoms with van der Waals surface area (Å²) in [6.45, 7) is 2.01. The summed E-state index contributed by atoms with van der Waals surface area (Å²) >= 11 is 12.2. The molecule has 26 heavy (non-hydrogen) atoms. The van der Waals surface area contributed by atoms with Crippen molar-refractivity contribution in [2.45, 2.75) is 13.0 Å². The Kier molecular flexibility index (Phi) is 5.71. The fourth-order valence-corrected chi connectivity index (χ4v) is 2.89. The molecule has 1 aromatic heterocycles. The zero-order valence-electron chi connectivity index (χ0n) is 13.9. The van der Waals surface area contributed by atoms with Gasteiger partial charge in [0.1, 0.15) is 17.8 Å². The molecular weight excluding hydrogens is 371 g/mol. The average Bonchev–Trinajstić information content (AvgIpc) is 2.65. The lowest BCUT2D eigenvalue weighted by Gasteiger charge is -2.15. The van der Waals surface area contributed by atoms with Gasteiger partial charge in [-0.2, -0.15) is 0 Å². The van der Waals surface area contributed by atoms with Crippen molar-refractivity contribution in [3.63, 3.8) is 0 Å². The molecule has 1 heterocycles. The predicted molar refractivity (Wildman–Crippen MR) is 105 cm³/mol. The monoisotopic (exact) mass is 386 g/mol. The zero-order chi connectivity index (χ0) is 18.5. The highest BCUT2D eigenvalue weighted by atomic mass is 35.5. The van der Waals surface area contributed by atoms with Gasteiger partial charge >= 0.3 is 0 Å². The van der Waals surface area contributed by atoms with Gasteiger partial charge in [0.15, 0.2) is 0 Å². The normalized spacial score (nSPS) is 11.7. The maximum Gasteiger partial charge on any atom is 0.274 e. The topological polar surface area (TPSA) is 66.9 Å². The summed E-state index contributed by atoms with van der Waals surface area (Å²) < 4.78 is 0. The largest absolute Gasteiger partial charge is 0.363 e. The number of benzene rings is 2. The van der Waals surface area contributed by atoms with Crippen LogP contribution in [0.3, 0.4) is 0 Å². The van der Waals surface area contributed by atoms with Crippen LogP contribution in [0.15, 0.2) is 60.9 Å². The predicted octanol–water partition coefficient (Wildman–Crippen LogP) is 5.21. The van der Waals surface area contributed by atoms with E-state index >= 15 is 0 Å². The molecule has 1 atom stereocenters. The van der Waals surface area contributed by atoms with Gasteiger partial charge < -0.3 is 10.6 Å². The summed E-state index contributed by atoms with van der Waals surface area (Å²) in [6, 6.07) is 16.6. The molecule has 0 aliphatic rings. The molecule has 0 saturated heterocycles. The number of anilines is 2. The van der Waals surface area contributed by atoms with Crippen LogP contribution in [-0.4, -0.2) is 15.9 Å². The first-order valence-electron chi connectivity index (χ1n) is 7.93. The van der Waals surface area contributed by atoms with Crippen molar-refractivity contribution in [2.24, 2.45) is 0 Å². The second-order valence-electron chi connectivity index (χ2n) is 5.62. The Labute approximate surface area is 161 Å². The molecule has 0 aliphatic heterocycles. The molecule has 2 aromatic carbocycles. The average molecular weight is 387 g/mol. The van der Waals surface area contributed by atoms with Crippen LogP contribution < -0.4 is 10.6 Å². The highest BCUT2D eigenvalue weighted by molar-refractivity contribution is 6.40. The third kappa shape index (κ3) is 4.31. The summed E-state index contributed by atoms with van der Waals surface area (Å²) in [7, 11) is 0. The van der Waals surface area contributed by atoms with Crippen molar-refractivity contribution < 1.29 is 4.79 Å². The third-order valence-electron chi connectivity index (χ3n) is 3.76. The van der Waals surface area contributed by atoms with E-state index in [1.165, 1.54) is 6.33 Å². The first-order valence-corrected chi connectivity index (χ1v) is 8.69. The van der Waals surface area contributed by atoms with Crippen LogP contribution in [0.2, 0.25) is 10.0 Å². The number of hydrogen-bond donors (Lipinski definition) is 2. The van der Waals surface area contributed by atoms with E-state index < -0.39 is 5.91 Å². The molecule has 132 valence electrons. The number of nitrogens with one attached hydrogen (secondary N) is 2. The van der Waals surface area contributed by atoms with Crippen molar-refractivity contribution in [1.82, 2.24) is 9.97 Å². The van der Waals surface area contributed by atoms with Gasteiger partial charge in [-0.05, 0) is 24.6 Å². The first-order chi connectivity index (χ1) is 12.5. The molecule has 5 nitrogen and oxygen atoms in total. The van der Waals surface area contributed by atoms with E-state index in [1.807, 2.05) is 37.3 Å². The number of nitrogens with zero attached hydrogens (tertiary/aromatic N) is 2. The lowest BCUT2D eigenvalue weighted by atomic mass is 10.1. The molecule has 3 aromatic rings. The maximum absolute atomic E-state index is 12.5. The van der Waals surface area contributed by atoms with Crippen molar-refractivity contribution in [3.05, 3.63) is 82.2 Å². The quantitative estimate of drug-likeness (QED) is 0.631. The summed E-state index contributed by atoms with van der Waals surface area (Å²) in [4.78, 5) is 20.7. The van der Waals surface area contributed by atoms with E-state index in [9.17, 15) is 4.79 Å². The Morgan fingerprint density at radius 1 is 1.00 bits per heavy atom. The number of carbonyl (C=O) groups excluding carboxylic acids is 1. The molecule has 0 bridgehead atoms. The molecular formula is C19H16Cl2N4O. The molecule has 0 aliphatic carbocycles. The maximum atomic E-state index is 12.5. The molecule has 2 N–H and O–H groups in total. The molecule has 3 rings (SSSR count). The minimum atomic E-state index is -0.419. The smallest absolute Gasteiger partial charge is 0.274 e. The molecule has 1 amide bonds. The van der Waals surface area contributed by atoms with Gasteiger partial charge in [-0.15, -0.1) is 0 Å². The van der Waals surface area contributed by atoms with Crippen LogP contribution >= 0.6 is 23.2 Å². The lowest BCUT2D eigenvalue weighted by Crippen LogP contribution is -2.16. The molecule has 7 heteroatoms. The Morgan fingerprint density at radius 2 is 1.69 bits per heavy atom. The van der Waals surface area contributed by atoms with Gasteiger partial charge in [0.05, 0.1) is 15.7 Å². The first kappa shape index (κ1) is 18.2. The van der Waals surface area contributed by atoms with E-state index in [1.54, 1.807) is 24.3 Å². The number of amides is 1. The number of halogens is 2. The summed E-state index contributed by atoms with van der Waals surface area (Å²) in [5, 5.41) is 6.66. The second-order valence-corrected chi connectivity index (χ2v) is 6.43. The second kappa shape index (κ2) is 8.17. The van der Waals surface area contributed by atoms with Gasteiger partial charge in [0.2, 0.25) is 0 Å². The Balaban J connectivity index is 1.75. The van der Waals surface area contributed by atoms with Gasteiger partial charge in [0.25, 0.3) is 5.91 Å². The van der Waals surface area contributed by atoms with Gasteiger partial charge in [-0.3, -0.25) is 4.79 Å². The van der Waals surface area contributed by atoms with Crippen LogP contribution in [0.4, 0.5) is 11.5 Å².